The Morgan fingerprint density at radius 3 is 2.38 bits per heavy atom. The van der Waals surface area contributed by atoms with E-state index in [9.17, 15) is 4.79 Å². The number of likely N-dealkylation sites (tertiary alicyclic amines) is 1. The largest absolute Gasteiger partial charge is 0.395 e. The van der Waals surface area contributed by atoms with Gasteiger partial charge in [-0.25, -0.2) is 0 Å². The number of carbonyl (C=O) groups is 1. The normalized spacial score (nSPS) is 20.0. The van der Waals surface area contributed by atoms with Crippen molar-refractivity contribution in [3.63, 3.8) is 0 Å². The molecule has 0 atom stereocenters. The molecular weight excluding hydrogens is 166 g/mol. The van der Waals surface area contributed by atoms with Crippen LogP contribution in [0, 0.1) is 11.3 Å². The number of aliphatic hydroxyl groups is 1. The lowest BCUT2D eigenvalue weighted by Crippen LogP contribution is -2.53. The van der Waals surface area contributed by atoms with Gasteiger partial charge in [0.25, 0.3) is 0 Å². The van der Waals surface area contributed by atoms with E-state index in [1.165, 1.54) is 0 Å². The summed E-state index contributed by atoms with van der Waals surface area (Å²) in [6.07, 6.45) is 0. The van der Waals surface area contributed by atoms with Crippen molar-refractivity contribution in [1.29, 1.82) is 0 Å². The number of nitrogens with zero attached hydrogens (tertiary/aromatic N) is 1. The van der Waals surface area contributed by atoms with Crippen LogP contribution in [0.5, 0.6) is 0 Å². The van der Waals surface area contributed by atoms with Gasteiger partial charge >= 0.3 is 0 Å². The molecule has 1 N–H and O–H groups in total. The molecule has 0 aliphatic carbocycles. The second-order valence-corrected chi connectivity index (χ2v) is 4.79. The van der Waals surface area contributed by atoms with E-state index in [0.717, 1.165) is 13.1 Å². The minimum atomic E-state index is -0.212. The van der Waals surface area contributed by atoms with Crippen molar-refractivity contribution in [3.8, 4) is 0 Å². The van der Waals surface area contributed by atoms with Gasteiger partial charge in [0, 0.05) is 31.0 Å². The minimum absolute atomic E-state index is 0.191. The van der Waals surface area contributed by atoms with Crippen LogP contribution in [0.15, 0.2) is 0 Å². The van der Waals surface area contributed by atoms with E-state index in [2.05, 4.69) is 4.90 Å². The molecule has 0 amide bonds. The van der Waals surface area contributed by atoms with Crippen LogP contribution in [0.3, 0.4) is 0 Å². The Balaban J connectivity index is 2.31. The number of carbonyl (C=O) groups excluding carboxylic acids is 1. The first kappa shape index (κ1) is 10.7. The van der Waals surface area contributed by atoms with Crippen molar-refractivity contribution in [2.75, 3.05) is 26.2 Å². The highest BCUT2D eigenvalue weighted by molar-refractivity contribution is 5.87. The number of ketones is 1. The second kappa shape index (κ2) is 3.76. The van der Waals surface area contributed by atoms with Crippen molar-refractivity contribution in [2.24, 2.45) is 11.3 Å². The smallest absolute Gasteiger partial charge is 0.143 e. The van der Waals surface area contributed by atoms with Gasteiger partial charge < -0.3 is 5.11 Å². The maximum Gasteiger partial charge on any atom is 0.143 e. The molecule has 1 aliphatic heterocycles. The van der Waals surface area contributed by atoms with Crippen LogP contribution < -0.4 is 0 Å². The highest BCUT2D eigenvalue weighted by Gasteiger charge is 2.37. The number of hydrogen-bond acceptors (Lipinski definition) is 3. The highest BCUT2D eigenvalue weighted by Crippen LogP contribution is 2.26. The van der Waals surface area contributed by atoms with Crippen LogP contribution in [-0.4, -0.2) is 42.0 Å². The van der Waals surface area contributed by atoms with Gasteiger partial charge in [-0.1, -0.05) is 20.8 Å². The lowest BCUT2D eigenvalue weighted by atomic mass is 9.79. The quantitative estimate of drug-likeness (QED) is 0.697. The summed E-state index contributed by atoms with van der Waals surface area (Å²) in [6, 6.07) is 0. The Kier molecular flexibility index (Phi) is 3.09. The molecule has 0 aromatic carbocycles. The molecule has 0 saturated carbocycles. The fourth-order valence-electron chi connectivity index (χ4n) is 1.67. The van der Waals surface area contributed by atoms with E-state index < -0.39 is 0 Å². The van der Waals surface area contributed by atoms with Gasteiger partial charge in [-0.15, -0.1) is 0 Å². The third-order valence-corrected chi connectivity index (χ3v) is 2.48. The summed E-state index contributed by atoms with van der Waals surface area (Å²) in [5.41, 5.74) is -0.212. The molecule has 0 spiro atoms. The maximum absolute atomic E-state index is 11.7. The molecule has 0 aromatic heterocycles. The first-order valence-corrected chi connectivity index (χ1v) is 4.82. The van der Waals surface area contributed by atoms with Gasteiger partial charge in [-0.3, -0.25) is 9.69 Å². The number of β-amino-alcohol motifs (C(OH)–C–C–N with tert-alkyl or cyclic N) is 1. The Morgan fingerprint density at radius 1 is 1.46 bits per heavy atom. The molecular formula is C10H19NO2. The maximum atomic E-state index is 11.7. The average Bonchev–Trinajstić information content (AvgIpc) is 1.92. The highest BCUT2D eigenvalue weighted by atomic mass is 16.3. The predicted molar refractivity (Wildman–Crippen MR) is 51.5 cm³/mol. The third-order valence-electron chi connectivity index (χ3n) is 2.48. The number of rotatable bonds is 3. The zero-order valence-corrected chi connectivity index (χ0v) is 8.71. The first-order chi connectivity index (χ1) is 5.95. The van der Waals surface area contributed by atoms with E-state index in [1.807, 2.05) is 20.8 Å². The van der Waals surface area contributed by atoms with E-state index in [1.54, 1.807) is 0 Å². The fraction of sp³-hybridized carbons (Fsp3) is 0.900. The van der Waals surface area contributed by atoms with Crippen LogP contribution >= 0.6 is 0 Å². The molecule has 1 heterocycles. The molecule has 0 bridgehead atoms. The van der Waals surface area contributed by atoms with Crippen molar-refractivity contribution in [2.45, 2.75) is 20.8 Å². The van der Waals surface area contributed by atoms with Gasteiger partial charge in [-0.2, -0.15) is 0 Å². The Hall–Kier alpha value is -0.410. The zero-order valence-electron chi connectivity index (χ0n) is 8.71. The van der Waals surface area contributed by atoms with E-state index in [4.69, 9.17) is 5.11 Å². The Bertz CT molecular complexity index is 190. The summed E-state index contributed by atoms with van der Waals surface area (Å²) in [5, 5.41) is 8.66. The molecule has 76 valence electrons. The molecule has 0 aromatic rings. The molecule has 13 heavy (non-hydrogen) atoms. The van der Waals surface area contributed by atoms with Crippen LogP contribution in [0.2, 0.25) is 0 Å². The van der Waals surface area contributed by atoms with Crippen molar-refractivity contribution in [1.82, 2.24) is 4.90 Å². The predicted octanol–water partition coefficient (Wildman–Crippen LogP) is 0.526. The van der Waals surface area contributed by atoms with Gasteiger partial charge in [0.15, 0.2) is 0 Å². The minimum Gasteiger partial charge on any atom is -0.395 e. The summed E-state index contributed by atoms with van der Waals surface area (Å²) >= 11 is 0. The molecule has 3 heteroatoms. The Morgan fingerprint density at radius 2 is 2.00 bits per heavy atom. The number of aliphatic hydroxyl groups excluding tert-OH is 1. The van der Waals surface area contributed by atoms with E-state index >= 15 is 0 Å². The molecule has 0 radical (unpaired) electrons. The van der Waals surface area contributed by atoms with Crippen molar-refractivity contribution >= 4 is 5.78 Å². The summed E-state index contributed by atoms with van der Waals surface area (Å²) in [4.78, 5) is 13.8. The standard InChI is InChI=1S/C10H19NO2/c1-10(2,3)9(13)8-6-11(7-8)4-5-12/h8,12H,4-7H2,1-3H3. The van der Waals surface area contributed by atoms with Crippen LogP contribution in [0.1, 0.15) is 20.8 Å². The summed E-state index contributed by atoms with van der Waals surface area (Å²) in [6.45, 7) is 8.44. The van der Waals surface area contributed by atoms with Crippen LogP contribution in [-0.2, 0) is 4.79 Å². The third kappa shape index (κ3) is 2.51. The molecule has 1 saturated heterocycles. The lowest BCUT2D eigenvalue weighted by molar-refractivity contribution is -0.136. The van der Waals surface area contributed by atoms with Crippen LogP contribution in [0.4, 0.5) is 0 Å². The number of hydrogen-bond donors (Lipinski definition) is 1. The zero-order chi connectivity index (χ0) is 10.1. The summed E-state index contributed by atoms with van der Waals surface area (Å²) < 4.78 is 0. The van der Waals surface area contributed by atoms with E-state index in [-0.39, 0.29) is 17.9 Å². The van der Waals surface area contributed by atoms with Crippen LogP contribution in [0.25, 0.3) is 0 Å². The average molecular weight is 185 g/mol. The first-order valence-electron chi connectivity index (χ1n) is 4.82. The molecule has 1 fully saturated rings. The number of Topliss-reactive ketones (excluding diaryl/α,β-unsaturated/α-hetero) is 1. The second-order valence-electron chi connectivity index (χ2n) is 4.79. The summed E-state index contributed by atoms with van der Waals surface area (Å²) in [7, 11) is 0. The molecule has 1 rings (SSSR count). The monoisotopic (exact) mass is 185 g/mol. The SMILES string of the molecule is CC(C)(C)C(=O)C1CN(CCO)C1. The molecule has 1 aliphatic rings. The Labute approximate surface area is 79.7 Å². The van der Waals surface area contributed by atoms with Gasteiger partial charge in [0.1, 0.15) is 5.78 Å². The lowest BCUT2D eigenvalue weighted by Gasteiger charge is -2.40. The van der Waals surface area contributed by atoms with Gasteiger partial charge in [0.05, 0.1) is 6.61 Å². The fourth-order valence-corrected chi connectivity index (χ4v) is 1.67. The molecule has 3 nitrogen and oxygen atoms in total. The topological polar surface area (TPSA) is 40.5 Å². The van der Waals surface area contributed by atoms with Gasteiger partial charge in [-0.05, 0) is 0 Å². The van der Waals surface area contributed by atoms with Crippen molar-refractivity contribution in [3.05, 3.63) is 0 Å². The van der Waals surface area contributed by atoms with Crippen molar-refractivity contribution < 1.29 is 9.90 Å². The molecule has 0 unspecified atom stereocenters. The van der Waals surface area contributed by atoms with Gasteiger partial charge in [0.2, 0.25) is 0 Å². The van der Waals surface area contributed by atoms with E-state index in [0.29, 0.717) is 12.3 Å². The summed E-state index contributed by atoms with van der Waals surface area (Å²) in [5.74, 6) is 0.549.